The van der Waals surface area contributed by atoms with Crippen LogP contribution in [0.3, 0.4) is 0 Å². The van der Waals surface area contributed by atoms with Crippen molar-refractivity contribution in [3.8, 4) is 0 Å². The maximum absolute atomic E-state index is 13.4. The Labute approximate surface area is 128 Å². The Hall–Kier alpha value is -2.18. The van der Waals surface area contributed by atoms with E-state index in [1.54, 1.807) is 20.8 Å². The number of benzene rings is 1. The molecule has 0 spiro atoms. The molecule has 0 aliphatic heterocycles. The first-order valence-corrected chi connectivity index (χ1v) is 6.85. The van der Waals surface area contributed by atoms with E-state index in [2.05, 4.69) is 10.6 Å². The maximum Gasteiger partial charge on any atom is 0.408 e. The van der Waals surface area contributed by atoms with E-state index in [0.717, 1.165) is 12.1 Å². The standard InChI is InChI=1S/C15H20F2N2O3/c1-15(2,3)22-14(21)19-9-13(20)18-7-6-10-4-5-11(16)8-12(10)17/h4-5,8H,6-7,9H2,1-3H3,(H,18,20)(H,19,21). The Kier molecular flexibility index (Phi) is 6.27. The van der Waals surface area contributed by atoms with E-state index in [0.29, 0.717) is 5.56 Å². The van der Waals surface area contributed by atoms with Gasteiger partial charge in [-0.05, 0) is 38.8 Å². The lowest BCUT2D eigenvalue weighted by atomic mass is 10.1. The fraction of sp³-hybridized carbons (Fsp3) is 0.467. The summed E-state index contributed by atoms with van der Waals surface area (Å²) in [6.07, 6.45) is -0.461. The summed E-state index contributed by atoms with van der Waals surface area (Å²) in [6, 6.07) is 3.28. The van der Waals surface area contributed by atoms with E-state index in [-0.39, 0.29) is 19.5 Å². The van der Waals surface area contributed by atoms with Crippen molar-refractivity contribution in [1.29, 1.82) is 0 Å². The molecule has 0 aromatic heterocycles. The van der Waals surface area contributed by atoms with E-state index in [1.165, 1.54) is 6.07 Å². The number of halogens is 2. The van der Waals surface area contributed by atoms with Crippen LogP contribution in [0.1, 0.15) is 26.3 Å². The number of nitrogens with one attached hydrogen (secondary N) is 2. The molecule has 0 saturated heterocycles. The number of alkyl carbamates (subject to hydrolysis) is 1. The van der Waals surface area contributed by atoms with Gasteiger partial charge in [-0.15, -0.1) is 0 Å². The van der Waals surface area contributed by atoms with Gasteiger partial charge in [0.2, 0.25) is 5.91 Å². The summed E-state index contributed by atoms with van der Waals surface area (Å²) < 4.78 is 31.1. The molecular formula is C15H20F2N2O3. The summed E-state index contributed by atoms with van der Waals surface area (Å²) in [5.41, 5.74) is -0.331. The zero-order chi connectivity index (χ0) is 16.8. The lowest BCUT2D eigenvalue weighted by Crippen LogP contribution is -2.40. The summed E-state index contributed by atoms with van der Waals surface area (Å²) in [7, 11) is 0. The first kappa shape index (κ1) is 17.9. The molecule has 0 heterocycles. The van der Waals surface area contributed by atoms with E-state index in [1.807, 2.05) is 0 Å². The van der Waals surface area contributed by atoms with Crippen LogP contribution in [-0.4, -0.2) is 30.7 Å². The number of carbonyl (C=O) groups excluding carboxylic acids is 2. The molecule has 22 heavy (non-hydrogen) atoms. The molecule has 5 nitrogen and oxygen atoms in total. The van der Waals surface area contributed by atoms with Crippen LogP contribution in [0.4, 0.5) is 13.6 Å². The van der Waals surface area contributed by atoms with Gasteiger partial charge < -0.3 is 15.4 Å². The van der Waals surface area contributed by atoms with Crippen molar-refractivity contribution in [2.45, 2.75) is 32.8 Å². The fourth-order valence-electron chi connectivity index (χ4n) is 1.59. The van der Waals surface area contributed by atoms with Crippen LogP contribution < -0.4 is 10.6 Å². The molecule has 0 atom stereocenters. The summed E-state index contributed by atoms with van der Waals surface area (Å²) in [4.78, 5) is 22.8. The Morgan fingerprint density at radius 3 is 2.45 bits per heavy atom. The molecule has 0 aliphatic rings. The van der Waals surface area contributed by atoms with Crippen LogP contribution in [-0.2, 0) is 16.0 Å². The van der Waals surface area contributed by atoms with Crippen molar-refractivity contribution in [1.82, 2.24) is 10.6 Å². The van der Waals surface area contributed by atoms with Crippen LogP contribution in [0.25, 0.3) is 0 Å². The smallest absolute Gasteiger partial charge is 0.408 e. The van der Waals surface area contributed by atoms with Crippen LogP contribution in [0, 0.1) is 11.6 Å². The number of amides is 2. The van der Waals surface area contributed by atoms with Gasteiger partial charge in [-0.3, -0.25) is 4.79 Å². The lowest BCUT2D eigenvalue weighted by Gasteiger charge is -2.19. The van der Waals surface area contributed by atoms with Crippen molar-refractivity contribution in [3.63, 3.8) is 0 Å². The Bertz CT molecular complexity index is 542. The quantitative estimate of drug-likeness (QED) is 0.875. The molecular weight excluding hydrogens is 294 g/mol. The molecule has 0 bridgehead atoms. The van der Waals surface area contributed by atoms with Gasteiger partial charge in [0.1, 0.15) is 17.2 Å². The summed E-state index contributed by atoms with van der Waals surface area (Å²) in [6.45, 7) is 5.08. The molecule has 2 amide bonds. The van der Waals surface area contributed by atoms with Crippen molar-refractivity contribution in [2.24, 2.45) is 0 Å². The second kappa shape index (κ2) is 7.72. The molecule has 1 rings (SSSR count). The Morgan fingerprint density at radius 1 is 1.18 bits per heavy atom. The third kappa shape index (κ3) is 7.01. The van der Waals surface area contributed by atoms with E-state index < -0.39 is 29.2 Å². The van der Waals surface area contributed by atoms with Gasteiger partial charge in [-0.25, -0.2) is 13.6 Å². The highest BCUT2D eigenvalue weighted by Crippen LogP contribution is 2.09. The fourth-order valence-corrected chi connectivity index (χ4v) is 1.59. The number of carbonyl (C=O) groups is 2. The highest BCUT2D eigenvalue weighted by atomic mass is 19.1. The second-order valence-electron chi connectivity index (χ2n) is 5.69. The lowest BCUT2D eigenvalue weighted by molar-refractivity contribution is -0.120. The Balaban J connectivity index is 2.27. The first-order chi connectivity index (χ1) is 10.2. The largest absolute Gasteiger partial charge is 0.444 e. The zero-order valence-electron chi connectivity index (χ0n) is 12.8. The molecule has 0 fully saturated rings. The van der Waals surface area contributed by atoms with Crippen molar-refractivity contribution in [2.75, 3.05) is 13.1 Å². The summed E-state index contributed by atoms with van der Waals surface area (Å²) in [5, 5.41) is 4.83. The third-order valence-electron chi connectivity index (χ3n) is 2.52. The molecule has 0 aliphatic carbocycles. The molecule has 0 radical (unpaired) electrons. The predicted molar refractivity (Wildman–Crippen MR) is 77.3 cm³/mol. The SMILES string of the molecule is CC(C)(C)OC(=O)NCC(=O)NCCc1ccc(F)cc1F. The van der Waals surface area contributed by atoms with Gasteiger partial charge in [-0.1, -0.05) is 6.07 Å². The third-order valence-corrected chi connectivity index (χ3v) is 2.52. The minimum absolute atomic E-state index is 0.178. The normalized spacial score (nSPS) is 11.0. The molecule has 7 heteroatoms. The molecule has 122 valence electrons. The van der Waals surface area contributed by atoms with Gasteiger partial charge in [0.25, 0.3) is 0 Å². The average Bonchev–Trinajstić information content (AvgIpc) is 2.37. The van der Waals surface area contributed by atoms with Crippen LogP contribution in [0.2, 0.25) is 0 Å². The molecule has 1 aromatic rings. The van der Waals surface area contributed by atoms with Gasteiger partial charge in [0.05, 0.1) is 6.54 Å². The van der Waals surface area contributed by atoms with Crippen LogP contribution >= 0.6 is 0 Å². The minimum atomic E-state index is -0.688. The van der Waals surface area contributed by atoms with Crippen molar-refractivity contribution >= 4 is 12.0 Å². The summed E-state index contributed by atoms with van der Waals surface area (Å²) in [5.74, 6) is -1.72. The number of hydrogen-bond acceptors (Lipinski definition) is 3. The zero-order valence-corrected chi connectivity index (χ0v) is 12.8. The van der Waals surface area contributed by atoms with E-state index in [9.17, 15) is 18.4 Å². The molecule has 0 unspecified atom stereocenters. The number of hydrogen-bond donors (Lipinski definition) is 2. The van der Waals surface area contributed by atoms with Gasteiger partial charge in [0, 0.05) is 12.6 Å². The number of rotatable bonds is 5. The Morgan fingerprint density at radius 2 is 1.86 bits per heavy atom. The second-order valence-corrected chi connectivity index (χ2v) is 5.69. The highest BCUT2D eigenvalue weighted by Gasteiger charge is 2.16. The maximum atomic E-state index is 13.4. The van der Waals surface area contributed by atoms with Gasteiger partial charge in [0.15, 0.2) is 0 Å². The summed E-state index contributed by atoms with van der Waals surface area (Å²) >= 11 is 0. The van der Waals surface area contributed by atoms with Crippen molar-refractivity contribution in [3.05, 3.63) is 35.4 Å². The monoisotopic (exact) mass is 314 g/mol. The van der Waals surface area contributed by atoms with Crippen LogP contribution in [0.15, 0.2) is 18.2 Å². The van der Waals surface area contributed by atoms with E-state index >= 15 is 0 Å². The number of ether oxygens (including phenoxy) is 1. The molecule has 0 saturated carbocycles. The molecule has 2 N–H and O–H groups in total. The highest BCUT2D eigenvalue weighted by molar-refractivity contribution is 5.82. The minimum Gasteiger partial charge on any atom is -0.444 e. The van der Waals surface area contributed by atoms with Crippen molar-refractivity contribution < 1.29 is 23.1 Å². The average molecular weight is 314 g/mol. The molecule has 1 aromatic carbocycles. The van der Waals surface area contributed by atoms with Crippen LogP contribution in [0.5, 0.6) is 0 Å². The predicted octanol–water partition coefficient (Wildman–Crippen LogP) is 2.15. The van der Waals surface area contributed by atoms with Gasteiger partial charge in [-0.2, -0.15) is 0 Å². The first-order valence-electron chi connectivity index (χ1n) is 6.85. The van der Waals surface area contributed by atoms with Gasteiger partial charge >= 0.3 is 6.09 Å². The topological polar surface area (TPSA) is 67.4 Å². The van der Waals surface area contributed by atoms with E-state index in [4.69, 9.17) is 4.74 Å².